The van der Waals surface area contributed by atoms with Crippen LogP contribution in [0.4, 0.5) is 0 Å². The van der Waals surface area contributed by atoms with E-state index in [9.17, 15) is 9.36 Å². The number of hydrogen-bond acceptors (Lipinski definition) is 6. The smallest absolute Gasteiger partial charge is 0.409 e. The van der Waals surface area contributed by atoms with Gasteiger partial charge in [-0.1, -0.05) is 0 Å². The first-order chi connectivity index (χ1) is 7.97. The summed E-state index contributed by atoms with van der Waals surface area (Å²) in [5.41, 5.74) is 0. The summed E-state index contributed by atoms with van der Waals surface area (Å²) in [4.78, 5) is 11.0. The van der Waals surface area contributed by atoms with Crippen molar-refractivity contribution in [1.29, 1.82) is 0 Å². The summed E-state index contributed by atoms with van der Waals surface area (Å²) in [7, 11) is 0.468. The van der Waals surface area contributed by atoms with Crippen molar-refractivity contribution in [3.8, 4) is 0 Å². The van der Waals surface area contributed by atoms with Gasteiger partial charge in [-0.2, -0.15) is 0 Å². The molecule has 0 aliphatic heterocycles. The van der Waals surface area contributed by atoms with E-state index in [1.54, 1.807) is 0 Å². The zero-order valence-electron chi connectivity index (χ0n) is 10.4. The maximum atomic E-state index is 11.8. The van der Waals surface area contributed by atoms with Crippen molar-refractivity contribution in [2.24, 2.45) is 0 Å². The highest BCUT2D eigenvalue weighted by Crippen LogP contribution is 2.50. The van der Waals surface area contributed by atoms with Crippen LogP contribution in [0.3, 0.4) is 0 Å². The predicted molar refractivity (Wildman–Crippen MR) is 61.4 cm³/mol. The van der Waals surface area contributed by atoms with Gasteiger partial charge >= 0.3 is 7.82 Å². The minimum Gasteiger partial charge on any atom is -0.409 e. The lowest BCUT2D eigenvalue weighted by Gasteiger charge is -2.16. The molecular formula is C9H18NO6P. The molecule has 1 unspecified atom stereocenters. The van der Waals surface area contributed by atoms with Crippen LogP contribution in [0.2, 0.25) is 0 Å². The zero-order chi connectivity index (χ0) is 13.3. The van der Waals surface area contributed by atoms with Crippen molar-refractivity contribution in [2.75, 3.05) is 34.5 Å². The fourth-order valence-corrected chi connectivity index (χ4v) is 1.74. The number of allylic oxidation sites excluding steroid dienone is 1. The number of methoxy groups -OCH3 is 1. The monoisotopic (exact) mass is 267 g/mol. The van der Waals surface area contributed by atoms with Gasteiger partial charge in [-0.3, -0.25) is 13.8 Å². The number of carbonyl (C=O) groups is 1. The summed E-state index contributed by atoms with van der Waals surface area (Å²) >= 11 is 0. The van der Waals surface area contributed by atoms with Crippen LogP contribution >= 0.6 is 7.82 Å². The minimum absolute atomic E-state index is 0.0644. The van der Waals surface area contributed by atoms with Crippen molar-refractivity contribution in [3.05, 3.63) is 11.8 Å². The number of likely N-dealkylation sites (N-methyl/N-ethyl adjacent to an activating group) is 1. The second-order valence-corrected chi connectivity index (χ2v) is 4.62. The number of rotatable bonds is 8. The maximum Gasteiger partial charge on any atom is 0.529 e. The molecule has 7 nitrogen and oxygen atoms in total. The fourth-order valence-electron chi connectivity index (χ4n) is 0.808. The summed E-state index contributed by atoms with van der Waals surface area (Å²) in [6.45, 7) is 1.80. The van der Waals surface area contributed by atoms with Crippen LogP contribution in [0.15, 0.2) is 11.8 Å². The lowest BCUT2D eigenvalue weighted by Crippen LogP contribution is -2.15. The second-order valence-electron chi connectivity index (χ2n) is 2.92. The average molecular weight is 267 g/mol. The van der Waals surface area contributed by atoms with Crippen LogP contribution < -0.4 is 5.32 Å². The lowest BCUT2D eigenvalue weighted by atomic mass is 10.5. The molecule has 1 atom stereocenters. The van der Waals surface area contributed by atoms with E-state index in [-0.39, 0.29) is 24.9 Å². The summed E-state index contributed by atoms with van der Waals surface area (Å²) in [5.74, 6) is -0.242. The number of nitrogens with one attached hydrogen (secondary N) is 1. The number of phosphoric acid groups is 1. The van der Waals surface area contributed by atoms with Gasteiger partial charge in [0.1, 0.15) is 5.76 Å². The molecule has 0 bridgehead atoms. The summed E-state index contributed by atoms with van der Waals surface area (Å²) in [5, 5.41) is 2.37. The molecule has 0 aromatic rings. The van der Waals surface area contributed by atoms with Gasteiger partial charge in [0.15, 0.2) is 0 Å². The largest absolute Gasteiger partial charge is 0.529 e. The van der Waals surface area contributed by atoms with Gasteiger partial charge in [0.25, 0.3) is 0 Å². The average Bonchev–Trinajstić information content (AvgIpc) is 2.29. The van der Waals surface area contributed by atoms with E-state index in [1.165, 1.54) is 28.2 Å². The highest BCUT2D eigenvalue weighted by atomic mass is 31.2. The van der Waals surface area contributed by atoms with Crippen molar-refractivity contribution >= 4 is 13.7 Å². The van der Waals surface area contributed by atoms with Crippen molar-refractivity contribution < 1.29 is 27.7 Å². The molecule has 0 spiro atoms. The molecule has 0 rings (SSSR count). The first-order valence-electron chi connectivity index (χ1n) is 4.86. The summed E-state index contributed by atoms with van der Waals surface area (Å²) in [6.07, 6.45) is 1.14. The highest BCUT2D eigenvalue weighted by molar-refractivity contribution is 7.48. The van der Waals surface area contributed by atoms with Gasteiger partial charge in [-0.05, 0) is 6.92 Å². The molecule has 100 valence electrons. The SMILES string of the molecule is CNC(=O)/C=C(\C)OP(=O)(OC)OCCOC. The Morgan fingerprint density at radius 3 is 2.47 bits per heavy atom. The Morgan fingerprint density at radius 2 is 2.00 bits per heavy atom. The highest BCUT2D eigenvalue weighted by Gasteiger charge is 2.26. The second kappa shape index (κ2) is 8.25. The normalized spacial score (nSPS) is 15.2. The van der Waals surface area contributed by atoms with E-state index >= 15 is 0 Å². The van der Waals surface area contributed by atoms with Crippen LogP contribution in [-0.2, 0) is 27.7 Å². The van der Waals surface area contributed by atoms with E-state index < -0.39 is 7.82 Å². The first-order valence-corrected chi connectivity index (χ1v) is 6.32. The van der Waals surface area contributed by atoms with E-state index in [4.69, 9.17) is 13.8 Å². The van der Waals surface area contributed by atoms with Gasteiger partial charge in [-0.25, -0.2) is 4.57 Å². The van der Waals surface area contributed by atoms with Crippen LogP contribution in [0.5, 0.6) is 0 Å². The maximum absolute atomic E-state index is 11.8. The Morgan fingerprint density at radius 1 is 1.35 bits per heavy atom. The topological polar surface area (TPSA) is 83.1 Å². The van der Waals surface area contributed by atoms with E-state index in [0.717, 1.165) is 6.08 Å². The Kier molecular flexibility index (Phi) is 7.82. The molecule has 17 heavy (non-hydrogen) atoms. The van der Waals surface area contributed by atoms with Crippen molar-refractivity contribution in [3.63, 3.8) is 0 Å². The molecule has 0 aromatic heterocycles. The fraction of sp³-hybridized carbons (Fsp3) is 0.667. The Balaban J connectivity index is 4.41. The molecule has 0 saturated heterocycles. The van der Waals surface area contributed by atoms with Gasteiger partial charge in [0.2, 0.25) is 5.91 Å². The lowest BCUT2D eigenvalue weighted by molar-refractivity contribution is -0.116. The van der Waals surface area contributed by atoms with Crippen LogP contribution in [0.1, 0.15) is 6.92 Å². The molecule has 0 heterocycles. The molecule has 1 amide bonds. The predicted octanol–water partition coefficient (Wildman–Crippen LogP) is 1.07. The standard InChI is InChI=1S/C9H18NO6P/c1-8(7-9(11)10-2)16-17(12,14-4)15-6-5-13-3/h7H,5-6H2,1-4H3,(H,10,11)/b8-7+. The summed E-state index contributed by atoms with van der Waals surface area (Å²) < 4.78 is 31.1. The third-order valence-corrected chi connectivity index (χ3v) is 3.05. The number of ether oxygens (including phenoxy) is 1. The van der Waals surface area contributed by atoms with E-state index in [1.807, 2.05) is 0 Å². The van der Waals surface area contributed by atoms with Crippen LogP contribution in [0.25, 0.3) is 0 Å². The number of amides is 1. The van der Waals surface area contributed by atoms with Gasteiger partial charge in [0.05, 0.1) is 13.2 Å². The number of hydrogen-bond donors (Lipinski definition) is 1. The molecule has 8 heteroatoms. The molecule has 1 N–H and O–H groups in total. The molecule has 0 saturated carbocycles. The third kappa shape index (κ3) is 7.12. The number of carbonyl (C=O) groups excluding carboxylic acids is 1. The third-order valence-electron chi connectivity index (χ3n) is 1.60. The molecule has 0 radical (unpaired) electrons. The van der Waals surface area contributed by atoms with Gasteiger partial charge < -0.3 is 14.6 Å². The van der Waals surface area contributed by atoms with Gasteiger partial charge in [-0.15, -0.1) is 0 Å². The van der Waals surface area contributed by atoms with Crippen LogP contribution in [-0.4, -0.2) is 40.4 Å². The Hall–Kier alpha value is -0.880. The molecule has 0 aliphatic rings. The van der Waals surface area contributed by atoms with E-state index in [2.05, 4.69) is 9.84 Å². The molecular weight excluding hydrogens is 249 g/mol. The Labute approximate surface area is 101 Å². The molecule has 0 aromatic carbocycles. The first kappa shape index (κ1) is 16.1. The molecule has 0 aliphatic carbocycles. The molecule has 0 fully saturated rings. The quantitative estimate of drug-likeness (QED) is 0.306. The van der Waals surface area contributed by atoms with Crippen molar-refractivity contribution in [2.45, 2.75) is 6.92 Å². The summed E-state index contributed by atoms with van der Waals surface area (Å²) in [6, 6.07) is 0. The minimum atomic E-state index is -3.68. The number of phosphoric ester groups is 1. The van der Waals surface area contributed by atoms with Crippen molar-refractivity contribution in [1.82, 2.24) is 5.32 Å². The van der Waals surface area contributed by atoms with Gasteiger partial charge in [0, 0.05) is 27.3 Å². The van der Waals surface area contributed by atoms with E-state index in [0.29, 0.717) is 0 Å². The Bertz CT molecular complexity index is 317. The van der Waals surface area contributed by atoms with Crippen LogP contribution in [0, 0.1) is 0 Å². The zero-order valence-corrected chi connectivity index (χ0v) is 11.3.